The van der Waals surface area contributed by atoms with Crippen molar-refractivity contribution in [2.45, 2.75) is 6.42 Å². The van der Waals surface area contributed by atoms with Crippen molar-refractivity contribution < 1.29 is 0 Å². The highest BCUT2D eigenvalue weighted by molar-refractivity contribution is 5.03. The molecular formula is C8H10N2. The molecule has 1 heterocycles. The Kier molecular flexibility index (Phi) is 2.90. The molecule has 1 N–H and O–H groups in total. The summed E-state index contributed by atoms with van der Waals surface area (Å²) in [7, 11) is 5.10. The number of nitrogens with one attached hydrogen (secondary N) is 1. The summed E-state index contributed by atoms with van der Waals surface area (Å²) in [4.78, 5) is 4.12. The van der Waals surface area contributed by atoms with Crippen LogP contribution in [0.2, 0.25) is 0 Å². The molecule has 0 saturated carbocycles. The van der Waals surface area contributed by atoms with Gasteiger partial charge in [0.1, 0.15) is 0 Å². The second-order valence-corrected chi connectivity index (χ2v) is 2.03. The fourth-order valence-electron chi connectivity index (χ4n) is 0.746. The predicted molar refractivity (Wildman–Crippen MR) is 40.2 cm³/mol. The molecular weight excluding hydrogens is 124 g/mol. The highest BCUT2D eigenvalue weighted by atomic mass is 14.8. The van der Waals surface area contributed by atoms with Crippen LogP contribution in [0.1, 0.15) is 5.69 Å². The number of hydrogen-bond donors (Lipinski definition) is 1. The van der Waals surface area contributed by atoms with Crippen LogP contribution in [0, 0.1) is 7.05 Å². The maximum Gasteiger partial charge on any atom is 0.0416 e. The summed E-state index contributed by atoms with van der Waals surface area (Å²) in [5, 5.41) is 2.58. The Morgan fingerprint density at radius 3 is 3.00 bits per heavy atom. The van der Waals surface area contributed by atoms with Gasteiger partial charge in [-0.15, -0.1) is 0 Å². The molecule has 0 aliphatic heterocycles. The fraction of sp³-hybridized carbons (Fsp3) is 0.250. The Labute approximate surface area is 61.3 Å². The molecule has 0 spiro atoms. The Morgan fingerprint density at radius 1 is 1.50 bits per heavy atom. The summed E-state index contributed by atoms with van der Waals surface area (Å²) < 4.78 is 0. The van der Waals surface area contributed by atoms with Crippen molar-refractivity contribution in [3.05, 3.63) is 37.1 Å². The average molecular weight is 134 g/mol. The maximum atomic E-state index is 5.10. The van der Waals surface area contributed by atoms with Gasteiger partial charge in [0.25, 0.3) is 0 Å². The van der Waals surface area contributed by atoms with Crippen molar-refractivity contribution in [3.63, 3.8) is 0 Å². The summed E-state index contributed by atoms with van der Waals surface area (Å²) in [5.74, 6) is 0. The van der Waals surface area contributed by atoms with Crippen molar-refractivity contribution in [1.29, 1.82) is 0 Å². The lowest BCUT2D eigenvalue weighted by molar-refractivity contribution is 0.810. The molecule has 1 aromatic heterocycles. The second kappa shape index (κ2) is 4.01. The third-order valence-corrected chi connectivity index (χ3v) is 1.25. The largest absolute Gasteiger partial charge is 0.310 e. The number of aromatic nitrogens is 1. The average Bonchev–Trinajstić information content (AvgIpc) is 2.03. The van der Waals surface area contributed by atoms with Crippen molar-refractivity contribution in [2.24, 2.45) is 0 Å². The summed E-state index contributed by atoms with van der Waals surface area (Å²) in [5.41, 5.74) is 1.07. The fourth-order valence-corrected chi connectivity index (χ4v) is 0.746. The molecule has 1 aromatic rings. The van der Waals surface area contributed by atoms with Gasteiger partial charge in [-0.2, -0.15) is 0 Å². The molecule has 0 fully saturated rings. The molecule has 2 radical (unpaired) electrons. The zero-order valence-corrected chi connectivity index (χ0v) is 5.75. The number of hydrogen-bond acceptors (Lipinski definition) is 2. The van der Waals surface area contributed by atoms with Gasteiger partial charge in [0.2, 0.25) is 0 Å². The zero-order chi connectivity index (χ0) is 7.23. The van der Waals surface area contributed by atoms with E-state index in [0.717, 1.165) is 18.7 Å². The molecule has 0 aromatic carbocycles. The minimum absolute atomic E-state index is 0.775. The van der Waals surface area contributed by atoms with E-state index in [1.165, 1.54) is 0 Å². The topological polar surface area (TPSA) is 24.9 Å². The van der Waals surface area contributed by atoms with Crippen molar-refractivity contribution in [2.75, 3.05) is 6.54 Å². The summed E-state index contributed by atoms with van der Waals surface area (Å²) in [6.45, 7) is 0.775. The van der Waals surface area contributed by atoms with E-state index >= 15 is 0 Å². The summed E-state index contributed by atoms with van der Waals surface area (Å²) in [6.07, 6.45) is 2.67. The van der Waals surface area contributed by atoms with Crippen LogP contribution in [0.5, 0.6) is 0 Å². The standard InChI is InChI=1S/C8H10N2/c1-9-7-5-8-4-2-3-6-10-8/h1-4,6,9H,5,7H2. The van der Waals surface area contributed by atoms with E-state index in [1.807, 2.05) is 18.2 Å². The van der Waals surface area contributed by atoms with E-state index in [-0.39, 0.29) is 0 Å². The second-order valence-electron chi connectivity index (χ2n) is 2.03. The third kappa shape index (κ3) is 2.15. The molecule has 10 heavy (non-hydrogen) atoms. The molecule has 0 bridgehead atoms. The lowest BCUT2D eigenvalue weighted by Gasteiger charge is -1.96. The van der Waals surface area contributed by atoms with E-state index in [0.29, 0.717) is 0 Å². The van der Waals surface area contributed by atoms with Crippen LogP contribution in [0.15, 0.2) is 24.4 Å². The molecule has 0 amide bonds. The first-order valence-electron chi connectivity index (χ1n) is 3.27. The minimum atomic E-state index is 0.775. The monoisotopic (exact) mass is 134 g/mol. The normalized spacial score (nSPS) is 9.70. The van der Waals surface area contributed by atoms with E-state index in [1.54, 1.807) is 6.20 Å². The van der Waals surface area contributed by atoms with Gasteiger partial charge in [-0.1, -0.05) is 6.07 Å². The van der Waals surface area contributed by atoms with Crippen LogP contribution in [-0.4, -0.2) is 11.5 Å². The van der Waals surface area contributed by atoms with Crippen molar-refractivity contribution in [3.8, 4) is 0 Å². The van der Waals surface area contributed by atoms with Gasteiger partial charge < -0.3 is 5.32 Å². The lowest BCUT2D eigenvalue weighted by Crippen LogP contribution is -2.08. The maximum absolute atomic E-state index is 5.10. The molecule has 0 aliphatic carbocycles. The van der Waals surface area contributed by atoms with Gasteiger partial charge in [0.15, 0.2) is 0 Å². The quantitative estimate of drug-likeness (QED) is 0.621. The predicted octanol–water partition coefficient (Wildman–Crippen LogP) is 0.882. The van der Waals surface area contributed by atoms with Crippen LogP contribution in [0.4, 0.5) is 0 Å². The molecule has 2 nitrogen and oxygen atoms in total. The van der Waals surface area contributed by atoms with Crippen molar-refractivity contribution >= 4 is 0 Å². The number of pyridine rings is 1. The van der Waals surface area contributed by atoms with E-state index in [9.17, 15) is 0 Å². The van der Waals surface area contributed by atoms with E-state index in [4.69, 9.17) is 7.05 Å². The highest BCUT2D eigenvalue weighted by Crippen LogP contribution is 1.92. The Bertz CT molecular complexity index is 172. The molecule has 0 atom stereocenters. The number of nitrogens with zero attached hydrogens (tertiary/aromatic N) is 1. The molecule has 0 unspecified atom stereocenters. The van der Waals surface area contributed by atoms with Crippen molar-refractivity contribution in [1.82, 2.24) is 10.3 Å². The first kappa shape index (κ1) is 7.22. The SMILES string of the molecule is [CH]NCCc1ccccn1. The van der Waals surface area contributed by atoms with Gasteiger partial charge in [-0.25, -0.2) is 0 Å². The van der Waals surface area contributed by atoms with Gasteiger partial charge in [-0.05, 0) is 12.1 Å². The molecule has 1 rings (SSSR count). The molecule has 2 heteroatoms. The van der Waals surface area contributed by atoms with Crippen LogP contribution in [0.3, 0.4) is 0 Å². The lowest BCUT2D eigenvalue weighted by atomic mass is 10.3. The van der Waals surface area contributed by atoms with E-state index in [2.05, 4.69) is 10.3 Å². The minimum Gasteiger partial charge on any atom is -0.310 e. The number of rotatable bonds is 3. The highest BCUT2D eigenvalue weighted by Gasteiger charge is 1.88. The van der Waals surface area contributed by atoms with Gasteiger partial charge in [0.05, 0.1) is 0 Å². The zero-order valence-electron chi connectivity index (χ0n) is 5.75. The van der Waals surface area contributed by atoms with Gasteiger partial charge >= 0.3 is 0 Å². The smallest absolute Gasteiger partial charge is 0.0416 e. The Balaban J connectivity index is 2.43. The van der Waals surface area contributed by atoms with Gasteiger partial charge in [0, 0.05) is 31.9 Å². The molecule has 52 valence electrons. The van der Waals surface area contributed by atoms with Gasteiger partial charge in [-0.3, -0.25) is 4.98 Å². The Hall–Kier alpha value is -0.890. The summed E-state index contributed by atoms with van der Waals surface area (Å²) in [6, 6.07) is 5.86. The molecule has 0 saturated heterocycles. The van der Waals surface area contributed by atoms with Crippen LogP contribution < -0.4 is 5.32 Å². The van der Waals surface area contributed by atoms with Crippen LogP contribution in [0.25, 0.3) is 0 Å². The Morgan fingerprint density at radius 2 is 2.40 bits per heavy atom. The first-order chi connectivity index (χ1) is 4.93. The van der Waals surface area contributed by atoms with Crippen LogP contribution in [-0.2, 0) is 6.42 Å². The third-order valence-electron chi connectivity index (χ3n) is 1.25. The van der Waals surface area contributed by atoms with E-state index < -0.39 is 0 Å². The molecule has 0 aliphatic rings. The van der Waals surface area contributed by atoms with Crippen LogP contribution >= 0.6 is 0 Å². The first-order valence-corrected chi connectivity index (χ1v) is 3.27. The summed E-state index contributed by atoms with van der Waals surface area (Å²) >= 11 is 0.